The fourth-order valence-corrected chi connectivity index (χ4v) is 1.42. The lowest BCUT2D eigenvalue weighted by Gasteiger charge is -2.42. The molecule has 0 nitrogen and oxygen atoms in total. The van der Waals surface area contributed by atoms with Gasteiger partial charge in [-0.15, -0.1) is 24.0 Å². The van der Waals surface area contributed by atoms with E-state index in [2.05, 4.69) is 0 Å². The van der Waals surface area contributed by atoms with E-state index in [1.165, 1.54) is 0 Å². The Morgan fingerprint density at radius 1 is 0.393 bits per heavy atom. The maximum absolute atomic E-state index is 13.1. The lowest BCUT2D eigenvalue weighted by molar-refractivity contribution is -0.461. The van der Waals surface area contributed by atoms with Crippen LogP contribution in [0.25, 0.3) is 0 Å². The average molecular weight is 576 g/mol. The van der Waals surface area contributed by atoms with Gasteiger partial charge in [0.2, 0.25) is 0 Å². The number of hydrogen-bond acceptors (Lipinski definition) is 0. The van der Waals surface area contributed by atoms with Crippen LogP contribution in [0, 0.1) is 0 Å². The summed E-state index contributed by atoms with van der Waals surface area (Å²) in [7, 11) is 0. The zero-order valence-electron chi connectivity index (χ0n) is 12.5. The maximum atomic E-state index is 13.1. The Morgan fingerprint density at radius 2 is 0.607 bits per heavy atom. The number of halogens is 18. The molecule has 0 fully saturated rings. The zero-order valence-corrected chi connectivity index (χ0v) is 14.9. The fourth-order valence-electron chi connectivity index (χ4n) is 1.42. The second-order valence-electron chi connectivity index (χ2n) is 5.00. The molecule has 0 rings (SSSR count). The molecule has 28 heavy (non-hydrogen) atoms. The van der Waals surface area contributed by atoms with E-state index in [9.17, 15) is 74.6 Å². The van der Waals surface area contributed by atoms with E-state index in [1.54, 1.807) is 0 Å². The molecule has 0 unspecified atom stereocenters. The van der Waals surface area contributed by atoms with E-state index in [1.807, 2.05) is 0 Å². The van der Waals surface area contributed by atoms with Crippen LogP contribution in [0.3, 0.4) is 0 Å². The largest absolute Gasteiger partial charge is 0.460 e. The third-order valence-electron chi connectivity index (χ3n) is 3.23. The SMILES string of the molecule is CCC(F)(F)C(F)(F)C(F)(F)C(F)(F)C(F)(F)C(F)(F)C(F)(F)C(F)(F)F.I. The predicted octanol–water partition coefficient (Wildman–Crippen LogP) is 7.02. The van der Waals surface area contributed by atoms with Gasteiger partial charge in [0.25, 0.3) is 0 Å². The van der Waals surface area contributed by atoms with Crippen LogP contribution >= 0.6 is 24.0 Å². The van der Waals surface area contributed by atoms with Crippen molar-refractivity contribution >= 4 is 24.0 Å². The summed E-state index contributed by atoms with van der Waals surface area (Å²) in [6.45, 7) is -0.0628. The molecule has 0 heterocycles. The van der Waals surface area contributed by atoms with E-state index >= 15 is 0 Å². The highest BCUT2D eigenvalue weighted by molar-refractivity contribution is 14.0. The van der Waals surface area contributed by atoms with Crippen LogP contribution in [0.2, 0.25) is 0 Å². The van der Waals surface area contributed by atoms with Crippen LogP contribution in [0.1, 0.15) is 13.3 Å². The molecule has 0 aliphatic rings. The second-order valence-corrected chi connectivity index (χ2v) is 5.00. The molecular weight excluding hydrogens is 570 g/mol. The fraction of sp³-hybridized carbons (Fsp3) is 1.00. The highest BCUT2D eigenvalue weighted by atomic mass is 127. The van der Waals surface area contributed by atoms with Crippen molar-refractivity contribution in [2.75, 3.05) is 0 Å². The quantitative estimate of drug-likeness (QED) is 0.226. The van der Waals surface area contributed by atoms with Gasteiger partial charge in [-0.1, -0.05) is 6.92 Å². The average Bonchev–Trinajstić information content (AvgIpc) is 2.44. The molecule has 0 spiro atoms. The first kappa shape index (κ1) is 29.7. The smallest absolute Gasteiger partial charge is 0.200 e. The van der Waals surface area contributed by atoms with Crippen LogP contribution in [-0.4, -0.2) is 47.6 Å². The minimum absolute atomic E-state index is 0. The first-order valence-corrected chi connectivity index (χ1v) is 6.02. The van der Waals surface area contributed by atoms with Crippen molar-refractivity contribution in [3.8, 4) is 0 Å². The molecule has 0 saturated carbocycles. The molecule has 0 aromatic heterocycles. The Hall–Kier alpha value is -0.460. The lowest BCUT2D eigenvalue weighted by atomic mass is 9.88. The number of alkyl halides is 17. The van der Waals surface area contributed by atoms with Gasteiger partial charge < -0.3 is 0 Å². The molecule has 0 radical (unpaired) electrons. The van der Waals surface area contributed by atoms with Crippen molar-refractivity contribution in [3.05, 3.63) is 0 Å². The third-order valence-corrected chi connectivity index (χ3v) is 3.23. The summed E-state index contributed by atoms with van der Waals surface area (Å²) < 4.78 is 215. The number of rotatable bonds is 7. The van der Waals surface area contributed by atoms with Crippen molar-refractivity contribution < 1.29 is 74.6 Å². The first-order valence-electron chi connectivity index (χ1n) is 6.02. The van der Waals surface area contributed by atoms with Crippen molar-refractivity contribution in [2.45, 2.75) is 61.0 Å². The van der Waals surface area contributed by atoms with Gasteiger partial charge in [0, 0.05) is 6.42 Å². The molecular formula is C10H6F17I. The summed E-state index contributed by atoms with van der Waals surface area (Å²) in [5.41, 5.74) is 0. The monoisotopic (exact) mass is 576 g/mol. The molecule has 0 bridgehead atoms. The Bertz CT molecular complexity index is 545. The molecule has 0 aliphatic heterocycles. The van der Waals surface area contributed by atoms with Gasteiger partial charge in [-0.25, -0.2) is 0 Å². The summed E-state index contributed by atoms with van der Waals surface area (Å²) in [5, 5.41) is 0. The minimum atomic E-state index is -8.56. The molecule has 0 atom stereocenters. The Morgan fingerprint density at radius 3 is 0.821 bits per heavy atom. The minimum Gasteiger partial charge on any atom is -0.200 e. The van der Waals surface area contributed by atoms with Crippen LogP contribution in [0.4, 0.5) is 74.6 Å². The van der Waals surface area contributed by atoms with Crippen LogP contribution < -0.4 is 0 Å². The van der Waals surface area contributed by atoms with Gasteiger partial charge in [0.15, 0.2) is 0 Å². The predicted molar refractivity (Wildman–Crippen MR) is 66.4 cm³/mol. The van der Waals surface area contributed by atoms with Crippen molar-refractivity contribution in [2.24, 2.45) is 0 Å². The van der Waals surface area contributed by atoms with Crippen molar-refractivity contribution in [3.63, 3.8) is 0 Å². The van der Waals surface area contributed by atoms with Crippen molar-refractivity contribution in [1.29, 1.82) is 0 Å². The van der Waals surface area contributed by atoms with E-state index in [0.29, 0.717) is 0 Å². The highest BCUT2D eigenvalue weighted by Crippen LogP contribution is 2.64. The van der Waals surface area contributed by atoms with Gasteiger partial charge in [-0.3, -0.25) is 0 Å². The molecule has 0 saturated heterocycles. The Kier molecular flexibility index (Phi) is 7.80. The molecule has 0 N–H and O–H groups in total. The number of hydrogen-bond donors (Lipinski definition) is 0. The summed E-state index contributed by atoms with van der Waals surface area (Å²) in [6, 6.07) is 0. The van der Waals surface area contributed by atoms with Crippen molar-refractivity contribution in [1.82, 2.24) is 0 Å². The molecule has 18 heteroatoms. The first-order chi connectivity index (χ1) is 11.3. The molecule has 0 aliphatic carbocycles. The Balaban J connectivity index is 0. The zero-order chi connectivity index (χ0) is 22.7. The standard InChI is InChI=1S/C10H5F17.HI/c1-2-3(11,12)4(13,14)5(15,16)6(17,18)7(19,20)8(21,22)9(23,24)10(25,26)27;/h2H2,1H3;1H. The third kappa shape index (κ3) is 3.58. The van der Waals surface area contributed by atoms with Crippen LogP contribution in [-0.2, 0) is 0 Å². The van der Waals surface area contributed by atoms with Gasteiger partial charge in [-0.05, 0) is 0 Å². The summed E-state index contributed by atoms with van der Waals surface area (Å²) in [4.78, 5) is 0. The highest BCUT2D eigenvalue weighted by Gasteiger charge is 2.95. The van der Waals surface area contributed by atoms with E-state index in [-0.39, 0.29) is 30.9 Å². The van der Waals surface area contributed by atoms with Gasteiger partial charge in [0.05, 0.1) is 0 Å². The Labute approximate surface area is 160 Å². The van der Waals surface area contributed by atoms with Gasteiger partial charge >= 0.3 is 47.6 Å². The molecule has 0 aromatic carbocycles. The lowest BCUT2D eigenvalue weighted by Crippen LogP contribution is -2.74. The summed E-state index contributed by atoms with van der Waals surface area (Å²) in [6.07, 6.45) is -10.2. The van der Waals surface area contributed by atoms with E-state index < -0.39 is 54.1 Å². The second kappa shape index (κ2) is 7.35. The normalized spacial score (nSPS) is 16.1. The molecule has 0 amide bonds. The van der Waals surface area contributed by atoms with Gasteiger partial charge in [-0.2, -0.15) is 74.6 Å². The van der Waals surface area contributed by atoms with E-state index in [4.69, 9.17) is 0 Å². The van der Waals surface area contributed by atoms with E-state index in [0.717, 1.165) is 0 Å². The van der Waals surface area contributed by atoms with Crippen LogP contribution in [0.5, 0.6) is 0 Å². The van der Waals surface area contributed by atoms with Crippen LogP contribution in [0.15, 0.2) is 0 Å². The topological polar surface area (TPSA) is 0 Å². The molecule has 0 aromatic rings. The van der Waals surface area contributed by atoms with Gasteiger partial charge in [0.1, 0.15) is 0 Å². The summed E-state index contributed by atoms with van der Waals surface area (Å²) in [5.74, 6) is -55.6. The molecule has 172 valence electrons. The maximum Gasteiger partial charge on any atom is 0.460 e. The summed E-state index contributed by atoms with van der Waals surface area (Å²) >= 11 is 0.